The Labute approximate surface area is 119 Å². The molecule has 1 aliphatic rings. The zero-order valence-electron chi connectivity index (χ0n) is 12.0. The molecule has 0 atom stereocenters. The number of ether oxygens (including phenoxy) is 1. The standard InChI is InChI=1S/C16H20N2O2/c1-18-14(16-13(17)4-3-5-15(16)19)10-11-6-8-12(20-2)9-7-11/h6-9H,3-5,10,17H2,1-2H3. The van der Waals surface area contributed by atoms with Crippen molar-refractivity contribution in [3.63, 3.8) is 0 Å². The highest BCUT2D eigenvalue weighted by Crippen LogP contribution is 2.22. The third-order valence-corrected chi connectivity index (χ3v) is 3.54. The first kappa shape index (κ1) is 14.3. The molecule has 0 spiro atoms. The van der Waals surface area contributed by atoms with Gasteiger partial charge in [-0.3, -0.25) is 9.79 Å². The van der Waals surface area contributed by atoms with E-state index in [9.17, 15) is 4.79 Å². The summed E-state index contributed by atoms with van der Waals surface area (Å²) in [5.74, 6) is 0.930. The predicted octanol–water partition coefficient (Wildman–Crippen LogP) is 2.27. The number of hydrogen-bond donors (Lipinski definition) is 1. The molecule has 0 bridgehead atoms. The molecule has 0 fully saturated rings. The maximum atomic E-state index is 12.1. The van der Waals surface area contributed by atoms with Crippen LogP contribution in [0.4, 0.5) is 0 Å². The topological polar surface area (TPSA) is 64.7 Å². The summed E-state index contributed by atoms with van der Waals surface area (Å²) in [6, 6.07) is 7.77. The number of rotatable bonds is 4. The molecular weight excluding hydrogens is 252 g/mol. The van der Waals surface area contributed by atoms with E-state index in [0.29, 0.717) is 24.1 Å². The summed E-state index contributed by atoms with van der Waals surface area (Å²) in [5.41, 5.74) is 9.18. The number of nitrogens with zero attached hydrogens (tertiary/aromatic N) is 1. The summed E-state index contributed by atoms with van der Waals surface area (Å²) in [6.45, 7) is 0. The third-order valence-electron chi connectivity index (χ3n) is 3.54. The summed E-state index contributed by atoms with van der Waals surface area (Å²) >= 11 is 0. The van der Waals surface area contributed by atoms with Crippen molar-refractivity contribution in [2.75, 3.05) is 14.2 Å². The van der Waals surface area contributed by atoms with Crippen molar-refractivity contribution >= 4 is 11.5 Å². The average Bonchev–Trinajstić information content (AvgIpc) is 2.46. The molecule has 0 saturated heterocycles. The van der Waals surface area contributed by atoms with Gasteiger partial charge in [-0.1, -0.05) is 12.1 Å². The molecule has 106 valence electrons. The van der Waals surface area contributed by atoms with Gasteiger partial charge in [0.15, 0.2) is 5.78 Å². The van der Waals surface area contributed by atoms with Crippen molar-refractivity contribution in [1.29, 1.82) is 0 Å². The summed E-state index contributed by atoms with van der Waals surface area (Å²) in [5, 5.41) is 0. The Bertz CT molecular complexity index is 556. The lowest BCUT2D eigenvalue weighted by atomic mass is 9.89. The zero-order valence-corrected chi connectivity index (χ0v) is 12.0. The number of aliphatic imine (C=N–C) groups is 1. The normalized spacial score (nSPS) is 16.5. The zero-order chi connectivity index (χ0) is 14.5. The summed E-state index contributed by atoms with van der Waals surface area (Å²) < 4.78 is 5.14. The van der Waals surface area contributed by atoms with Gasteiger partial charge in [0, 0.05) is 25.6 Å². The lowest BCUT2D eigenvalue weighted by Crippen LogP contribution is -2.24. The molecule has 0 radical (unpaired) electrons. The number of carbonyl (C=O) groups excluding carboxylic acids is 1. The van der Waals surface area contributed by atoms with Crippen LogP contribution in [-0.4, -0.2) is 25.7 Å². The first-order chi connectivity index (χ1) is 9.65. The number of Topliss-reactive ketones (excluding diaryl/α,β-unsaturated/α-hetero) is 1. The number of nitrogens with two attached hydrogens (primary N) is 1. The molecule has 2 rings (SSSR count). The first-order valence-corrected chi connectivity index (χ1v) is 6.76. The van der Waals surface area contributed by atoms with E-state index in [1.54, 1.807) is 14.2 Å². The first-order valence-electron chi connectivity index (χ1n) is 6.76. The van der Waals surface area contributed by atoms with Crippen LogP contribution in [0.25, 0.3) is 0 Å². The van der Waals surface area contributed by atoms with E-state index in [-0.39, 0.29) is 5.78 Å². The number of carbonyl (C=O) groups is 1. The van der Waals surface area contributed by atoms with E-state index in [0.717, 1.165) is 29.9 Å². The minimum atomic E-state index is 0.114. The predicted molar refractivity (Wildman–Crippen MR) is 80.1 cm³/mol. The maximum absolute atomic E-state index is 12.1. The van der Waals surface area contributed by atoms with Crippen LogP contribution in [-0.2, 0) is 11.2 Å². The molecule has 0 amide bonds. The Morgan fingerprint density at radius 2 is 2.00 bits per heavy atom. The van der Waals surface area contributed by atoms with Crippen molar-refractivity contribution in [1.82, 2.24) is 0 Å². The Hall–Kier alpha value is -2.10. The highest BCUT2D eigenvalue weighted by Gasteiger charge is 2.23. The van der Waals surface area contributed by atoms with Crippen LogP contribution in [0.3, 0.4) is 0 Å². The summed E-state index contributed by atoms with van der Waals surface area (Å²) in [4.78, 5) is 16.3. The van der Waals surface area contributed by atoms with E-state index < -0.39 is 0 Å². The van der Waals surface area contributed by atoms with Gasteiger partial charge in [0.2, 0.25) is 0 Å². The fraction of sp³-hybridized carbons (Fsp3) is 0.375. The lowest BCUT2D eigenvalue weighted by Gasteiger charge is -2.18. The van der Waals surface area contributed by atoms with Crippen molar-refractivity contribution in [2.24, 2.45) is 10.7 Å². The van der Waals surface area contributed by atoms with Gasteiger partial charge >= 0.3 is 0 Å². The molecule has 1 aromatic carbocycles. The van der Waals surface area contributed by atoms with Gasteiger partial charge in [0.25, 0.3) is 0 Å². The molecular formula is C16H20N2O2. The average molecular weight is 272 g/mol. The van der Waals surface area contributed by atoms with Crippen molar-refractivity contribution in [3.05, 3.63) is 41.1 Å². The monoisotopic (exact) mass is 272 g/mol. The Morgan fingerprint density at radius 3 is 2.55 bits per heavy atom. The van der Waals surface area contributed by atoms with Crippen molar-refractivity contribution in [3.8, 4) is 5.75 Å². The lowest BCUT2D eigenvalue weighted by molar-refractivity contribution is -0.115. The fourth-order valence-electron chi connectivity index (χ4n) is 2.43. The largest absolute Gasteiger partial charge is 0.497 e. The summed E-state index contributed by atoms with van der Waals surface area (Å²) in [6.07, 6.45) is 2.80. The highest BCUT2D eigenvalue weighted by molar-refractivity contribution is 6.23. The van der Waals surface area contributed by atoms with Gasteiger partial charge in [-0.2, -0.15) is 0 Å². The Kier molecular flexibility index (Phi) is 4.56. The second kappa shape index (κ2) is 6.37. The minimum Gasteiger partial charge on any atom is -0.497 e. The van der Waals surface area contributed by atoms with Gasteiger partial charge in [-0.05, 0) is 30.5 Å². The van der Waals surface area contributed by atoms with E-state index in [1.165, 1.54) is 0 Å². The van der Waals surface area contributed by atoms with Gasteiger partial charge in [0.1, 0.15) is 5.75 Å². The van der Waals surface area contributed by atoms with Crippen molar-refractivity contribution < 1.29 is 9.53 Å². The number of allylic oxidation sites excluding steroid dienone is 2. The molecule has 0 heterocycles. The Morgan fingerprint density at radius 1 is 1.30 bits per heavy atom. The van der Waals surface area contributed by atoms with Gasteiger partial charge in [-0.25, -0.2) is 0 Å². The van der Waals surface area contributed by atoms with E-state index >= 15 is 0 Å². The van der Waals surface area contributed by atoms with E-state index in [1.807, 2.05) is 24.3 Å². The fourth-order valence-corrected chi connectivity index (χ4v) is 2.43. The van der Waals surface area contributed by atoms with Gasteiger partial charge in [0.05, 0.1) is 18.4 Å². The Balaban J connectivity index is 2.23. The molecule has 20 heavy (non-hydrogen) atoms. The number of hydrogen-bond acceptors (Lipinski definition) is 4. The van der Waals surface area contributed by atoms with Crippen LogP contribution >= 0.6 is 0 Å². The van der Waals surface area contributed by atoms with Crippen LogP contribution in [0.2, 0.25) is 0 Å². The van der Waals surface area contributed by atoms with Crippen LogP contribution < -0.4 is 10.5 Å². The van der Waals surface area contributed by atoms with Crippen LogP contribution in [0.1, 0.15) is 24.8 Å². The van der Waals surface area contributed by atoms with Crippen LogP contribution in [0.15, 0.2) is 40.5 Å². The van der Waals surface area contributed by atoms with E-state index in [2.05, 4.69) is 4.99 Å². The molecule has 1 aliphatic carbocycles. The second-order valence-electron chi connectivity index (χ2n) is 4.87. The SMILES string of the molecule is CN=C(Cc1ccc(OC)cc1)C1=C(N)CCCC1=O. The molecule has 0 unspecified atom stereocenters. The quantitative estimate of drug-likeness (QED) is 0.855. The molecule has 4 nitrogen and oxygen atoms in total. The van der Waals surface area contributed by atoms with Gasteiger partial charge in [-0.15, -0.1) is 0 Å². The second-order valence-corrected chi connectivity index (χ2v) is 4.87. The molecule has 0 aromatic heterocycles. The van der Waals surface area contributed by atoms with Crippen LogP contribution in [0, 0.1) is 0 Å². The highest BCUT2D eigenvalue weighted by atomic mass is 16.5. The third kappa shape index (κ3) is 3.07. The number of benzene rings is 1. The van der Waals surface area contributed by atoms with Gasteiger partial charge < -0.3 is 10.5 Å². The molecule has 2 N–H and O–H groups in total. The van der Waals surface area contributed by atoms with E-state index in [4.69, 9.17) is 10.5 Å². The molecule has 0 saturated carbocycles. The maximum Gasteiger partial charge on any atom is 0.166 e. The molecule has 0 aliphatic heterocycles. The molecule has 1 aromatic rings. The van der Waals surface area contributed by atoms with Crippen molar-refractivity contribution in [2.45, 2.75) is 25.7 Å². The summed E-state index contributed by atoms with van der Waals surface area (Å²) in [7, 11) is 3.35. The van der Waals surface area contributed by atoms with Crippen LogP contribution in [0.5, 0.6) is 5.75 Å². The number of methoxy groups -OCH3 is 1. The minimum absolute atomic E-state index is 0.114. The number of ketones is 1. The smallest absolute Gasteiger partial charge is 0.166 e. The molecule has 4 heteroatoms.